The van der Waals surface area contributed by atoms with Crippen LogP contribution in [0.25, 0.3) is 0 Å². The first-order chi connectivity index (χ1) is 15.6. The lowest BCUT2D eigenvalue weighted by Gasteiger charge is -2.33. The van der Waals surface area contributed by atoms with Crippen molar-refractivity contribution in [3.8, 4) is 11.5 Å². The largest absolute Gasteiger partial charge is 0.493 e. The summed E-state index contributed by atoms with van der Waals surface area (Å²) in [6.45, 7) is 2.13. The number of hydrogen-bond acceptors (Lipinski definition) is 6. The molecule has 1 saturated carbocycles. The highest BCUT2D eigenvalue weighted by atomic mass is 16.5. The van der Waals surface area contributed by atoms with Crippen LogP contribution in [0.15, 0.2) is 40.8 Å². The van der Waals surface area contributed by atoms with Crippen LogP contribution < -0.4 is 15.2 Å². The molecular formula is C25H34N4O3. The number of allylic oxidation sites excluding steroid dienone is 3. The summed E-state index contributed by atoms with van der Waals surface area (Å²) in [5.74, 6) is 2.79. The molecule has 0 radical (unpaired) electrons. The van der Waals surface area contributed by atoms with Crippen molar-refractivity contribution in [2.24, 2.45) is 22.6 Å². The minimum Gasteiger partial charge on any atom is -0.493 e. The molecule has 4 rings (SSSR count). The van der Waals surface area contributed by atoms with Gasteiger partial charge < -0.3 is 20.1 Å². The van der Waals surface area contributed by atoms with E-state index in [1.807, 2.05) is 17.2 Å². The maximum atomic E-state index is 13.1. The van der Waals surface area contributed by atoms with Crippen LogP contribution in [0.2, 0.25) is 0 Å². The highest BCUT2D eigenvalue weighted by Gasteiger charge is 2.27. The van der Waals surface area contributed by atoms with Crippen molar-refractivity contribution in [1.82, 2.24) is 9.88 Å². The molecule has 0 atom stereocenters. The molecule has 2 N–H and O–H groups in total. The van der Waals surface area contributed by atoms with Gasteiger partial charge in [0.15, 0.2) is 11.5 Å². The summed E-state index contributed by atoms with van der Waals surface area (Å²) in [4.78, 5) is 23.6. The SMILES string of the molecule is COc1cc(C(=O)N2CCC(/C3=C/C=C(/N)N=CCCC3)CC2)ncc1OCC1CCC1. The minimum absolute atomic E-state index is 0.0479. The third-order valence-electron chi connectivity index (χ3n) is 6.78. The number of nitrogens with zero attached hydrogens (tertiary/aromatic N) is 3. The molecule has 1 aliphatic carbocycles. The molecule has 0 bridgehead atoms. The second kappa shape index (κ2) is 10.7. The Hall–Kier alpha value is -2.83. The van der Waals surface area contributed by atoms with Crippen molar-refractivity contribution in [3.05, 3.63) is 41.5 Å². The van der Waals surface area contributed by atoms with Gasteiger partial charge >= 0.3 is 0 Å². The number of aromatic nitrogens is 1. The zero-order valence-corrected chi connectivity index (χ0v) is 19.0. The Bertz CT molecular complexity index is 896. The number of nitrogens with two attached hydrogens (primary N) is 1. The van der Waals surface area contributed by atoms with Gasteiger partial charge in [0, 0.05) is 25.4 Å². The van der Waals surface area contributed by atoms with Crippen LogP contribution in [0.5, 0.6) is 11.5 Å². The fourth-order valence-electron chi connectivity index (χ4n) is 4.52. The molecule has 1 saturated heterocycles. The molecule has 7 heteroatoms. The fraction of sp³-hybridized carbons (Fsp3) is 0.560. The molecule has 1 aromatic rings. The molecule has 2 fully saturated rings. The quantitative estimate of drug-likeness (QED) is 0.722. The van der Waals surface area contributed by atoms with Crippen molar-refractivity contribution in [2.45, 2.75) is 51.4 Å². The molecule has 3 aliphatic rings. The third kappa shape index (κ3) is 5.50. The van der Waals surface area contributed by atoms with Crippen LogP contribution in [0, 0.1) is 11.8 Å². The van der Waals surface area contributed by atoms with Gasteiger partial charge in [-0.2, -0.15) is 0 Å². The van der Waals surface area contributed by atoms with Gasteiger partial charge in [-0.1, -0.05) is 18.1 Å². The number of carbonyl (C=O) groups is 1. The van der Waals surface area contributed by atoms with Crippen molar-refractivity contribution in [1.29, 1.82) is 0 Å². The van der Waals surface area contributed by atoms with Crippen LogP contribution in [0.1, 0.15) is 61.9 Å². The van der Waals surface area contributed by atoms with Crippen LogP contribution in [-0.4, -0.2) is 48.8 Å². The molecule has 3 heterocycles. The first-order valence-corrected chi connectivity index (χ1v) is 11.8. The predicted octanol–water partition coefficient (Wildman–Crippen LogP) is 4.10. The maximum absolute atomic E-state index is 13.1. The van der Waals surface area contributed by atoms with Crippen LogP contribution >= 0.6 is 0 Å². The number of amides is 1. The molecule has 0 spiro atoms. The lowest BCUT2D eigenvalue weighted by molar-refractivity contribution is 0.0694. The summed E-state index contributed by atoms with van der Waals surface area (Å²) in [5, 5.41) is 0. The molecular weight excluding hydrogens is 404 g/mol. The van der Waals surface area contributed by atoms with Crippen molar-refractivity contribution >= 4 is 12.1 Å². The Morgan fingerprint density at radius 2 is 1.97 bits per heavy atom. The number of rotatable bonds is 6. The van der Waals surface area contributed by atoms with E-state index in [2.05, 4.69) is 16.1 Å². The topological polar surface area (TPSA) is 90.0 Å². The zero-order chi connectivity index (χ0) is 22.3. The minimum atomic E-state index is -0.0479. The average molecular weight is 439 g/mol. The van der Waals surface area contributed by atoms with E-state index in [1.165, 1.54) is 24.8 Å². The van der Waals surface area contributed by atoms with E-state index >= 15 is 0 Å². The van der Waals surface area contributed by atoms with E-state index < -0.39 is 0 Å². The van der Waals surface area contributed by atoms with Gasteiger partial charge in [0.2, 0.25) is 0 Å². The number of likely N-dealkylation sites (tertiary alicyclic amines) is 1. The van der Waals surface area contributed by atoms with E-state index in [0.29, 0.717) is 41.5 Å². The van der Waals surface area contributed by atoms with Crippen LogP contribution in [0.4, 0.5) is 0 Å². The van der Waals surface area contributed by atoms with Gasteiger partial charge in [-0.3, -0.25) is 4.79 Å². The molecule has 172 valence electrons. The molecule has 1 aromatic heterocycles. The number of methoxy groups -OCH3 is 1. The van der Waals surface area contributed by atoms with Crippen molar-refractivity contribution < 1.29 is 14.3 Å². The molecule has 0 unspecified atom stereocenters. The number of ether oxygens (including phenoxy) is 2. The third-order valence-corrected chi connectivity index (χ3v) is 6.78. The smallest absolute Gasteiger partial charge is 0.272 e. The molecule has 2 aliphatic heterocycles. The lowest BCUT2D eigenvalue weighted by atomic mass is 9.86. The molecule has 7 nitrogen and oxygen atoms in total. The summed E-state index contributed by atoms with van der Waals surface area (Å²) < 4.78 is 11.4. The van der Waals surface area contributed by atoms with E-state index in [9.17, 15) is 4.79 Å². The molecule has 32 heavy (non-hydrogen) atoms. The van der Waals surface area contributed by atoms with E-state index in [1.54, 1.807) is 19.4 Å². The van der Waals surface area contributed by atoms with Crippen LogP contribution in [0.3, 0.4) is 0 Å². The van der Waals surface area contributed by atoms with Crippen LogP contribution in [-0.2, 0) is 0 Å². The zero-order valence-electron chi connectivity index (χ0n) is 19.0. The number of hydrogen-bond donors (Lipinski definition) is 1. The first kappa shape index (κ1) is 22.4. The van der Waals surface area contributed by atoms with E-state index in [0.717, 1.165) is 45.2 Å². The number of carbonyl (C=O) groups excluding carboxylic acids is 1. The first-order valence-electron chi connectivity index (χ1n) is 11.8. The number of aliphatic imine (C=N–C) groups is 1. The van der Waals surface area contributed by atoms with Crippen molar-refractivity contribution in [3.63, 3.8) is 0 Å². The summed E-state index contributed by atoms with van der Waals surface area (Å²) in [6, 6.07) is 1.71. The average Bonchev–Trinajstić information content (AvgIpc) is 2.90. The summed E-state index contributed by atoms with van der Waals surface area (Å²) in [7, 11) is 1.60. The second-order valence-corrected chi connectivity index (χ2v) is 8.93. The Labute approximate surface area is 190 Å². The highest BCUT2D eigenvalue weighted by molar-refractivity contribution is 5.93. The van der Waals surface area contributed by atoms with Gasteiger partial charge in [-0.15, -0.1) is 0 Å². The Morgan fingerprint density at radius 3 is 2.69 bits per heavy atom. The van der Waals surface area contributed by atoms with Crippen molar-refractivity contribution in [2.75, 3.05) is 26.8 Å². The second-order valence-electron chi connectivity index (χ2n) is 8.93. The van der Waals surface area contributed by atoms with E-state index in [4.69, 9.17) is 15.2 Å². The Morgan fingerprint density at radius 1 is 1.16 bits per heavy atom. The lowest BCUT2D eigenvalue weighted by Crippen LogP contribution is -2.39. The number of pyridine rings is 1. The van der Waals surface area contributed by atoms with Gasteiger partial charge in [0.1, 0.15) is 11.5 Å². The normalized spacial score (nSPS) is 23.6. The van der Waals surface area contributed by atoms with E-state index in [-0.39, 0.29) is 5.91 Å². The highest BCUT2D eigenvalue weighted by Crippen LogP contribution is 2.32. The monoisotopic (exact) mass is 438 g/mol. The van der Waals surface area contributed by atoms with Gasteiger partial charge in [0.05, 0.1) is 19.9 Å². The number of piperidine rings is 1. The fourth-order valence-corrected chi connectivity index (χ4v) is 4.52. The molecule has 1 amide bonds. The van der Waals surface area contributed by atoms with Gasteiger partial charge in [-0.25, -0.2) is 9.98 Å². The summed E-state index contributed by atoms with van der Waals surface area (Å²) in [5.41, 5.74) is 7.73. The predicted molar refractivity (Wildman–Crippen MR) is 125 cm³/mol. The van der Waals surface area contributed by atoms with Gasteiger partial charge in [0.25, 0.3) is 5.91 Å². The maximum Gasteiger partial charge on any atom is 0.272 e. The van der Waals surface area contributed by atoms with Gasteiger partial charge in [-0.05, 0) is 62.9 Å². The Kier molecular flexibility index (Phi) is 7.45. The standard InChI is InChI=1S/C25H34N4O3/c1-31-22-15-21(28-16-23(22)32-17-18-5-4-6-18)25(30)29-13-10-20(11-14-29)19-7-2-3-12-27-24(26)9-8-19/h8-9,12,15-16,18,20H,2-7,10-11,13-14,17,26H2,1H3/b19-8+,24-9-,27-12?. The Balaban J connectivity index is 1.36. The molecule has 0 aromatic carbocycles. The summed E-state index contributed by atoms with van der Waals surface area (Å²) >= 11 is 0. The summed E-state index contributed by atoms with van der Waals surface area (Å²) in [6.07, 6.45) is 16.2.